The molecule has 2 aromatic heterocycles. The third-order valence-electron chi connectivity index (χ3n) is 2.67. The van der Waals surface area contributed by atoms with Crippen LogP contribution in [0.2, 0.25) is 0 Å². The molecular formula is C14H20N2. The zero-order chi connectivity index (χ0) is 11.9. The highest BCUT2D eigenvalue weighted by molar-refractivity contribution is 5.44. The van der Waals surface area contributed by atoms with Crippen molar-refractivity contribution >= 4 is 5.65 Å². The molecule has 0 bridgehead atoms. The minimum Gasteiger partial charge on any atom is -0.304 e. The zero-order valence-electron chi connectivity index (χ0n) is 10.8. The smallest absolute Gasteiger partial charge is 0.137 e. The fourth-order valence-corrected chi connectivity index (χ4v) is 2.10. The summed E-state index contributed by atoms with van der Waals surface area (Å²) in [6.45, 7) is 11.0. The van der Waals surface area contributed by atoms with Gasteiger partial charge in [-0.25, -0.2) is 4.98 Å². The van der Waals surface area contributed by atoms with Gasteiger partial charge in [0.25, 0.3) is 0 Å². The van der Waals surface area contributed by atoms with E-state index in [1.165, 1.54) is 17.0 Å². The monoisotopic (exact) mass is 216 g/mol. The first-order valence-corrected chi connectivity index (χ1v) is 5.80. The molecule has 0 aromatic carbocycles. The lowest BCUT2D eigenvalue weighted by Gasteiger charge is -2.15. The highest BCUT2D eigenvalue weighted by Crippen LogP contribution is 2.21. The van der Waals surface area contributed by atoms with Crippen molar-refractivity contribution < 1.29 is 0 Å². The molecule has 0 atom stereocenters. The second-order valence-electron chi connectivity index (χ2n) is 5.87. The van der Waals surface area contributed by atoms with E-state index in [-0.39, 0.29) is 0 Å². The highest BCUT2D eigenvalue weighted by atomic mass is 15.0. The van der Waals surface area contributed by atoms with E-state index in [1.807, 2.05) is 0 Å². The van der Waals surface area contributed by atoms with Crippen molar-refractivity contribution in [3.05, 3.63) is 35.3 Å². The summed E-state index contributed by atoms with van der Waals surface area (Å²) in [7, 11) is 0. The molecule has 16 heavy (non-hydrogen) atoms. The molecule has 0 unspecified atom stereocenters. The van der Waals surface area contributed by atoms with E-state index in [0.717, 1.165) is 12.1 Å². The summed E-state index contributed by atoms with van der Waals surface area (Å²) in [4.78, 5) is 4.68. The summed E-state index contributed by atoms with van der Waals surface area (Å²) in [6, 6.07) is 4.33. The summed E-state index contributed by atoms with van der Waals surface area (Å²) in [5, 5.41) is 0. The van der Waals surface area contributed by atoms with Crippen LogP contribution in [0.15, 0.2) is 18.3 Å². The largest absolute Gasteiger partial charge is 0.304 e. The van der Waals surface area contributed by atoms with Gasteiger partial charge in [-0.2, -0.15) is 0 Å². The first kappa shape index (κ1) is 11.2. The molecule has 0 aliphatic rings. The standard InChI is InChI=1S/C14H20N2/c1-10-6-11(2)16-9-12(8-14(3,4)5)15-13(16)7-10/h6-7,9H,8H2,1-5H3. The number of hydrogen-bond acceptors (Lipinski definition) is 1. The normalized spacial score (nSPS) is 12.3. The SMILES string of the molecule is Cc1cc(C)n2cc(CC(C)(C)C)nc2c1. The van der Waals surface area contributed by atoms with Crippen LogP contribution in [0.4, 0.5) is 0 Å². The average Bonchev–Trinajstić information content (AvgIpc) is 2.43. The Balaban J connectivity index is 2.48. The van der Waals surface area contributed by atoms with Gasteiger partial charge < -0.3 is 4.40 Å². The van der Waals surface area contributed by atoms with Gasteiger partial charge in [0, 0.05) is 11.9 Å². The summed E-state index contributed by atoms with van der Waals surface area (Å²) in [5.74, 6) is 0. The van der Waals surface area contributed by atoms with Gasteiger partial charge in [-0.1, -0.05) is 20.8 Å². The molecule has 2 rings (SSSR count). The quantitative estimate of drug-likeness (QED) is 0.712. The van der Waals surface area contributed by atoms with Crippen molar-refractivity contribution in [1.82, 2.24) is 9.38 Å². The van der Waals surface area contributed by atoms with Crippen LogP contribution in [0.5, 0.6) is 0 Å². The Morgan fingerprint density at radius 3 is 2.50 bits per heavy atom. The molecular weight excluding hydrogens is 196 g/mol. The predicted molar refractivity (Wildman–Crippen MR) is 67.8 cm³/mol. The number of hydrogen-bond donors (Lipinski definition) is 0. The van der Waals surface area contributed by atoms with Crippen molar-refractivity contribution in [2.45, 2.75) is 41.0 Å². The van der Waals surface area contributed by atoms with Crippen molar-refractivity contribution in [2.24, 2.45) is 5.41 Å². The molecule has 0 saturated heterocycles. The van der Waals surface area contributed by atoms with Gasteiger partial charge in [-0.15, -0.1) is 0 Å². The Hall–Kier alpha value is -1.31. The molecule has 2 nitrogen and oxygen atoms in total. The summed E-state index contributed by atoms with van der Waals surface area (Å²) >= 11 is 0. The molecule has 0 fully saturated rings. The lowest BCUT2D eigenvalue weighted by molar-refractivity contribution is 0.407. The Bertz CT molecular complexity index is 515. The van der Waals surface area contributed by atoms with Crippen LogP contribution in [0.25, 0.3) is 5.65 Å². The fourth-order valence-electron chi connectivity index (χ4n) is 2.10. The van der Waals surface area contributed by atoms with Crippen LogP contribution in [-0.2, 0) is 6.42 Å². The van der Waals surface area contributed by atoms with Crippen LogP contribution in [0.1, 0.15) is 37.7 Å². The second-order valence-corrected chi connectivity index (χ2v) is 5.87. The van der Waals surface area contributed by atoms with Gasteiger partial charge in [0.2, 0.25) is 0 Å². The molecule has 86 valence electrons. The Morgan fingerprint density at radius 1 is 1.19 bits per heavy atom. The van der Waals surface area contributed by atoms with Crippen LogP contribution >= 0.6 is 0 Å². The Labute approximate surface area is 97.3 Å². The minimum absolute atomic E-state index is 0.293. The molecule has 0 saturated carbocycles. The molecule has 0 amide bonds. The number of imidazole rings is 1. The maximum Gasteiger partial charge on any atom is 0.137 e. The zero-order valence-corrected chi connectivity index (χ0v) is 10.8. The number of aryl methyl sites for hydroxylation is 2. The number of fused-ring (bicyclic) bond motifs is 1. The first-order chi connectivity index (χ1) is 7.35. The van der Waals surface area contributed by atoms with E-state index in [1.54, 1.807) is 0 Å². The topological polar surface area (TPSA) is 17.3 Å². The Kier molecular flexibility index (Phi) is 2.53. The van der Waals surface area contributed by atoms with E-state index in [0.29, 0.717) is 5.41 Å². The molecule has 2 heteroatoms. The number of aromatic nitrogens is 2. The second kappa shape index (κ2) is 3.62. The average molecular weight is 216 g/mol. The van der Waals surface area contributed by atoms with E-state index in [2.05, 4.69) is 62.3 Å². The van der Waals surface area contributed by atoms with Gasteiger partial charge in [0.15, 0.2) is 0 Å². The van der Waals surface area contributed by atoms with Crippen molar-refractivity contribution in [3.8, 4) is 0 Å². The van der Waals surface area contributed by atoms with Crippen LogP contribution in [-0.4, -0.2) is 9.38 Å². The molecule has 2 aromatic rings. The van der Waals surface area contributed by atoms with Crippen LogP contribution < -0.4 is 0 Å². The number of pyridine rings is 1. The molecule has 0 spiro atoms. The number of rotatable bonds is 1. The lowest BCUT2D eigenvalue weighted by Crippen LogP contribution is -2.09. The predicted octanol–water partition coefficient (Wildman–Crippen LogP) is 3.54. The summed E-state index contributed by atoms with van der Waals surface area (Å²) in [5.41, 5.74) is 5.07. The molecule has 0 radical (unpaired) electrons. The third-order valence-corrected chi connectivity index (χ3v) is 2.67. The van der Waals surface area contributed by atoms with E-state index in [4.69, 9.17) is 0 Å². The first-order valence-electron chi connectivity index (χ1n) is 5.80. The van der Waals surface area contributed by atoms with Crippen molar-refractivity contribution in [3.63, 3.8) is 0 Å². The molecule has 0 aliphatic carbocycles. The minimum atomic E-state index is 0.293. The maximum absolute atomic E-state index is 4.68. The number of nitrogens with zero attached hydrogens (tertiary/aromatic N) is 2. The van der Waals surface area contributed by atoms with Crippen molar-refractivity contribution in [2.75, 3.05) is 0 Å². The summed E-state index contributed by atoms with van der Waals surface area (Å²) < 4.78 is 2.17. The van der Waals surface area contributed by atoms with E-state index < -0.39 is 0 Å². The van der Waals surface area contributed by atoms with Gasteiger partial charge in [-0.3, -0.25) is 0 Å². The summed E-state index contributed by atoms with van der Waals surface area (Å²) in [6.07, 6.45) is 3.18. The van der Waals surface area contributed by atoms with E-state index in [9.17, 15) is 0 Å². The molecule has 0 aliphatic heterocycles. The van der Waals surface area contributed by atoms with Crippen molar-refractivity contribution in [1.29, 1.82) is 0 Å². The van der Waals surface area contributed by atoms with Gasteiger partial charge >= 0.3 is 0 Å². The van der Waals surface area contributed by atoms with Crippen LogP contribution in [0.3, 0.4) is 0 Å². The fraction of sp³-hybridized carbons (Fsp3) is 0.500. The maximum atomic E-state index is 4.68. The highest BCUT2D eigenvalue weighted by Gasteiger charge is 2.14. The third kappa shape index (κ3) is 2.26. The van der Waals surface area contributed by atoms with Gasteiger partial charge in [0.05, 0.1) is 5.69 Å². The van der Waals surface area contributed by atoms with E-state index >= 15 is 0 Å². The Morgan fingerprint density at radius 2 is 1.88 bits per heavy atom. The molecule has 2 heterocycles. The molecule has 0 N–H and O–H groups in total. The van der Waals surface area contributed by atoms with Crippen LogP contribution in [0, 0.1) is 19.3 Å². The lowest BCUT2D eigenvalue weighted by atomic mass is 9.91. The van der Waals surface area contributed by atoms with Gasteiger partial charge in [-0.05, 0) is 43.4 Å². The van der Waals surface area contributed by atoms with Gasteiger partial charge in [0.1, 0.15) is 5.65 Å².